The number of carbonyl (C=O) groups is 1. The Morgan fingerprint density at radius 1 is 1.16 bits per heavy atom. The van der Waals surface area contributed by atoms with Crippen molar-refractivity contribution in [3.8, 4) is 16.3 Å². The normalized spacial score (nSPS) is 11.6. The first-order chi connectivity index (χ1) is 17.8. The number of alkyl halides is 3. The van der Waals surface area contributed by atoms with Crippen LogP contribution in [0.25, 0.3) is 21.5 Å². The zero-order valence-corrected chi connectivity index (χ0v) is 20.9. The summed E-state index contributed by atoms with van der Waals surface area (Å²) in [7, 11) is 0. The van der Waals surface area contributed by atoms with E-state index in [4.69, 9.17) is 11.6 Å². The molecule has 0 saturated heterocycles. The second kappa shape index (κ2) is 12.2. The highest BCUT2D eigenvalue weighted by Crippen LogP contribution is 2.31. The van der Waals surface area contributed by atoms with E-state index in [1.165, 1.54) is 30.0 Å². The van der Waals surface area contributed by atoms with Gasteiger partial charge in [-0.3, -0.25) is 9.89 Å². The Kier molecular flexibility index (Phi) is 8.79. The van der Waals surface area contributed by atoms with Crippen LogP contribution in [0.5, 0.6) is 5.75 Å². The molecule has 2 aromatic carbocycles. The number of amides is 1. The summed E-state index contributed by atoms with van der Waals surface area (Å²) in [6.07, 6.45) is -0.548. The van der Waals surface area contributed by atoms with Crippen LogP contribution in [-0.4, -0.2) is 51.5 Å². The number of nitrogens with one attached hydrogen (secondary N) is 4. The second-order valence-corrected chi connectivity index (χ2v) is 9.16. The fraction of sp³-hybridized carbons (Fsp3) is 0.304. The Labute approximate surface area is 218 Å². The number of nitrogens with zero attached hydrogens (tertiary/aromatic N) is 3. The van der Waals surface area contributed by atoms with Crippen molar-refractivity contribution in [2.75, 3.05) is 25.0 Å². The van der Waals surface area contributed by atoms with Gasteiger partial charge in [0.1, 0.15) is 17.1 Å². The largest absolute Gasteiger partial charge is 0.573 e. The standard InChI is InChI=1S/C23H23ClF3N7O2S/c24-17-8-14(2-3-20(17)36-23(25,26)27)11-28-7-4-21(35)30-6-1-5-29-18-9-15(22-31-13-33-37-22)10-19-16(18)12-32-34-19/h2-3,8-10,12-13,28-29H,1,4-7,11H2,(H,30,35)(H,32,34). The number of hydrogen-bond donors (Lipinski definition) is 4. The lowest BCUT2D eigenvalue weighted by molar-refractivity contribution is -0.274. The summed E-state index contributed by atoms with van der Waals surface area (Å²) in [6.45, 7) is 1.90. The van der Waals surface area contributed by atoms with E-state index >= 15 is 0 Å². The van der Waals surface area contributed by atoms with Gasteiger partial charge in [-0.05, 0) is 47.8 Å². The lowest BCUT2D eigenvalue weighted by atomic mass is 10.1. The first-order valence-electron chi connectivity index (χ1n) is 11.3. The predicted octanol–water partition coefficient (Wildman–Crippen LogP) is 4.73. The topological polar surface area (TPSA) is 117 Å². The molecule has 2 aromatic heterocycles. The number of H-pyrrole nitrogens is 1. The number of anilines is 1. The van der Waals surface area contributed by atoms with Crippen molar-refractivity contribution in [2.45, 2.75) is 25.7 Å². The zero-order chi connectivity index (χ0) is 26.3. The van der Waals surface area contributed by atoms with Crippen LogP contribution in [0.3, 0.4) is 0 Å². The first-order valence-corrected chi connectivity index (χ1v) is 12.4. The number of carbonyl (C=O) groups excluding carboxylic acids is 1. The van der Waals surface area contributed by atoms with E-state index < -0.39 is 12.1 Å². The summed E-state index contributed by atoms with van der Waals surface area (Å²) in [5, 5.41) is 18.1. The highest BCUT2D eigenvalue weighted by Gasteiger charge is 2.32. The Hall–Kier alpha value is -3.42. The minimum atomic E-state index is -4.80. The van der Waals surface area contributed by atoms with E-state index in [1.807, 2.05) is 12.1 Å². The molecular formula is C23H23ClF3N7O2S. The molecule has 196 valence electrons. The molecule has 0 aliphatic rings. The molecule has 9 nitrogen and oxygen atoms in total. The molecule has 14 heteroatoms. The van der Waals surface area contributed by atoms with Gasteiger partial charge in [0.15, 0.2) is 0 Å². The number of aromatic amines is 1. The molecule has 0 unspecified atom stereocenters. The van der Waals surface area contributed by atoms with Crippen LogP contribution in [0.2, 0.25) is 5.02 Å². The molecule has 0 atom stereocenters. The maximum absolute atomic E-state index is 12.3. The van der Waals surface area contributed by atoms with Gasteiger partial charge >= 0.3 is 6.36 Å². The molecule has 0 aliphatic carbocycles. The molecule has 4 aromatic rings. The van der Waals surface area contributed by atoms with Crippen molar-refractivity contribution < 1.29 is 22.7 Å². The summed E-state index contributed by atoms with van der Waals surface area (Å²) in [5.41, 5.74) is 3.43. The molecule has 4 N–H and O–H groups in total. The number of benzene rings is 2. The van der Waals surface area contributed by atoms with Crippen LogP contribution in [0.15, 0.2) is 42.9 Å². The summed E-state index contributed by atoms with van der Waals surface area (Å²) >= 11 is 7.16. The molecule has 0 saturated carbocycles. The van der Waals surface area contributed by atoms with E-state index in [9.17, 15) is 18.0 Å². The molecule has 0 radical (unpaired) electrons. The van der Waals surface area contributed by atoms with Crippen molar-refractivity contribution in [3.05, 3.63) is 53.4 Å². The molecule has 37 heavy (non-hydrogen) atoms. The van der Waals surface area contributed by atoms with Crippen LogP contribution >= 0.6 is 23.1 Å². The van der Waals surface area contributed by atoms with Gasteiger partial charge in [-0.25, -0.2) is 4.98 Å². The first kappa shape index (κ1) is 26.6. The maximum Gasteiger partial charge on any atom is 0.573 e. The minimum Gasteiger partial charge on any atom is -0.404 e. The van der Waals surface area contributed by atoms with Gasteiger partial charge in [0, 0.05) is 49.2 Å². The SMILES string of the molecule is O=C(CCNCc1ccc(OC(F)(F)F)c(Cl)c1)NCCCNc1cc(-c2ncns2)cc2[nH]ncc12. The second-order valence-electron chi connectivity index (χ2n) is 7.97. The molecule has 1 amide bonds. The number of rotatable bonds is 12. The Bertz CT molecular complexity index is 1330. The fourth-order valence-electron chi connectivity index (χ4n) is 3.55. The lowest BCUT2D eigenvalue weighted by Crippen LogP contribution is -2.29. The molecular weight excluding hydrogens is 531 g/mol. The maximum atomic E-state index is 12.3. The highest BCUT2D eigenvalue weighted by atomic mass is 35.5. The average molecular weight is 554 g/mol. The van der Waals surface area contributed by atoms with Crippen LogP contribution in [0.4, 0.5) is 18.9 Å². The summed E-state index contributed by atoms with van der Waals surface area (Å²) in [6, 6.07) is 8.02. The molecule has 0 aliphatic heterocycles. The van der Waals surface area contributed by atoms with Crippen molar-refractivity contribution in [1.29, 1.82) is 0 Å². The van der Waals surface area contributed by atoms with E-state index in [2.05, 4.69) is 40.2 Å². The molecule has 0 bridgehead atoms. The number of aromatic nitrogens is 4. The van der Waals surface area contributed by atoms with Crippen molar-refractivity contribution in [2.24, 2.45) is 0 Å². The van der Waals surface area contributed by atoms with E-state index in [0.717, 1.165) is 33.2 Å². The van der Waals surface area contributed by atoms with Crippen molar-refractivity contribution >= 4 is 45.6 Å². The van der Waals surface area contributed by atoms with E-state index in [1.54, 1.807) is 6.20 Å². The third-order valence-corrected chi connectivity index (χ3v) is 6.25. The molecule has 2 heterocycles. The predicted molar refractivity (Wildman–Crippen MR) is 136 cm³/mol. The van der Waals surface area contributed by atoms with Gasteiger partial charge in [-0.2, -0.15) is 9.47 Å². The Morgan fingerprint density at radius 2 is 2.03 bits per heavy atom. The van der Waals surface area contributed by atoms with Gasteiger partial charge in [-0.15, -0.1) is 13.2 Å². The minimum absolute atomic E-state index is 0.102. The quantitative estimate of drug-likeness (QED) is 0.187. The van der Waals surface area contributed by atoms with E-state index in [0.29, 0.717) is 38.2 Å². The van der Waals surface area contributed by atoms with Crippen molar-refractivity contribution in [3.63, 3.8) is 0 Å². The summed E-state index contributed by atoms with van der Waals surface area (Å²) in [5.74, 6) is -0.555. The Morgan fingerprint density at radius 3 is 2.78 bits per heavy atom. The molecule has 0 spiro atoms. The number of ether oxygens (including phenoxy) is 1. The zero-order valence-electron chi connectivity index (χ0n) is 19.4. The number of hydrogen-bond acceptors (Lipinski definition) is 8. The van der Waals surface area contributed by atoms with Crippen LogP contribution in [0.1, 0.15) is 18.4 Å². The summed E-state index contributed by atoms with van der Waals surface area (Å²) in [4.78, 5) is 16.4. The van der Waals surface area contributed by atoms with Crippen LogP contribution < -0.4 is 20.7 Å². The molecule has 0 fully saturated rings. The van der Waals surface area contributed by atoms with Crippen LogP contribution in [0, 0.1) is 0 Å². The highest BCUT2D eigenvalue weighted by molar-refractivity contribution is 7.09. The van der Waals surface area contributed by atoms with Crippen molar-refractivity contribution in [1.82, 2.24) is 30.2 Å². The van der Waals surface area contributed by atoms with E-state index in [-0.39, 0.29) is 17.4 Å². The monoisotopic (exact) mass is 553 g/mol. The van der Waals surface area contributed by atoms with Gasteiger partial charge in [0.25, 0.3) is 0 Å². The smallest absolute Gasteiger partial charge is 0.404 e. The van der Waals surface area contributed by atoms with Gasteiger partial charge in [0.2, 0.25) is 5.91 Å². The fourth-order valence-corrected chi connectivity index (χ4v) is 4.30. The number of halogens is 4. The van der Waals surface area contributed by atoms with Gasteiger partial charge in [0.05, 0.1) is 16.7 Å². The number of fused-ring (bicyclic) bond motifs is 1. The lowest BCUT2D eigenvalue weighted by Gasteiger charge is -2.12. The third kappa shape index (κ3) is 7.78. The molecule has 4 rings (SSSR count). The summed E-state index contributed by atoms with van der Waals surface area (Å²) < 4.78 is 44.9. The van der Waals surface area contributed by atoms with Gasteiger partial charge in [-0.1, -0.05) is 17.7 Å². The average Bonchev–Trinajstić information content (AvgIpc) is 3.54. The Balaban J connectivity index is 1.14. The van der Waals surface area contributed by atoms with Gasteiger partial charge < -0.3 is 20.7 Å². The third-order valence-electron chi connectivity index (χ3n) is 5.24. The van der Waals surface area contributed by atoms with Crippen LogP contribution in [-0.2, 0) is 11.3 Å².